The molecule has 1 aliphatic heterocycles. The van der Waals surface area contributed by atoms with Crippen molar-refractivity contribution in [2.24, 2.45) is 11.0 Å². The molecule has 0 radical (unpaired) electrons. The van der Waals surface area contributed by atoms with Crippen LogP contribution in [0.4, 0.5) is 0 Å². The number of allylic oxidation sites excluding steroid dienone is 2. The highest BCUT2D eigenvalue weighted by molar-refractivity contribution is 9.11. The number of methoxy groups -OCH3 is 2. The van der Waals surface area contributed by atoms with Crippen LogP contribution < -0.4 is 14.9 Å². The minimum Gasteiger partial charge on any atom is -0.497 e. The van der Waals surface area contributed by atoms with Gasteiger partial charge >= 0.3 is 0 Å². The molecule has 28 heavy (non-hydrogen) atoms. The van der Waals surface area contributed by atoms with Gasteiger partial charge in [-0.25, -0.2) is 5.43 Å². The van der Waals surface area contributed by atoms with Gasteiger partial charge in [0.25, 0.3) is 0 Å². The summed E-state index contributed by atoms with van der Waals surface area (Å²) in [5.74, 6) is 1.22. The average molecular weight is 506 g/mol. The number of nitrogens with zero attached hydrogens (tertiary/aromatic N) is 1. The first kappa shape index (κ1) is 19.2. The van der Waals surface area contributed by atoms with Gasteiger partial charge in [0.15, 0.2) is 0 Å². The van der Waals surface area contributed by atoms with Crippen molar-refractivity contribution in [3.05, 3.63) is 62.5 Å². The van der Waals surface area contributed by atoms with Crippen molar-refractivity contribution >= 4 is 49.1 Å². The largest absolute Gasteiger partial charge is 0.497 e. The molecule has 7 heteroatoms. The lowest BCUT2D eigenvalue weighted by Gasteiger charge is -2.28. The zero-order valence-corrected chi connectivity index (χ0v) is 18.5. The number of hydrogen-bond acceptors (Lipinski definition) is 4. The van der Waals surface area contributed by atoms with Gasteiger partial charge in [0, 0.05) is 5.92 Å². The summed E-state index contributed by atoms with van der Waals surface area (Å²) in [6.07, 6.45) is 2.75. The minimum atomic E-state index is -0.276. The summed E-state index contributed by atoms with van der Waals surface area (Å²) < 4.78 is 12.4. The third-order valence-corrected chi connectivity index (χ3v) is 6.36. The molecule has 0 aromatic heterocycles. The predicted octanol–water partition coefficient (Wildman–Crippen LogP) is 4.90. The summed E-state index contributed by atoms with van der Waals surface area (Å²) in [4.78, 5) is 12.4. The molecule has 5 nitrogen and oxygen atoms in total. The second-order valence-electron chi connectivity index (χ2n) is 6.72. The molecule has 1 heterocycles. The van der Waals surface area contributed by atoms with E-state index in [1.807, 2.05) is 42.5 Å². The smallest absolute Gasteiger partial charge is 0.249 e. The number of hydrogen-bond donors (Lipinski definition) is 1. The van der Waals surface area contributed by atoms with Crippen molar-refractivity contribution in [3.63, 3.8) is 0 Å². The first-order chi connectivity index (χ1) is 13.5. The van der Waals surface area contributed by atoms with Gasteiger partial charge in [0.05, 0.1) is 34.8 Å². The fraction of sp³-hybridized carbons (Fsp3) is 0.238. The Bertz CT molecular complexity index is 976. The van der Waals surface area contributed by atoms with Gasteiger partial charge in [0.2, 0.25) is 5.91 Å². The summed E-state index contributed by atoms with van der Waals surface area (Å²) in [5, 5.41) is 4.27. The molecular formula is C21H18Br2N2O3. The van der Waals surface area contributed by atoms with Crippen molar-refractivity contribution in [2.75, 3.05) is 14.2 Å². The van der Waals surface area contributed by atoms with E-state index in [1.165, 1.54) is 0 Å². The number of hydrazone groups is 1. The van der Waals surface area contributed by atoms with Gasteiger partial charge in [-0.3, -0.25) is 4.79 Å². The van der Waals surface area contributed by atoms with Crippen LogP contribution in [-0.2, 0) is 4.79 Å². The number of amides is 1. The third-order valence-electron chi connectivity index (χ3n) is 5.18. The minimum absolute atomic E-state index is 0.00630. The molecule has 2 unspecified atom stereocenters. The van der Waals surface area contributed by atoms with E-state index >= 15 is 0 Å². The Morgan fingerprint density at radius 1 is 1.07 bits per heavy atom. The number of carbonyl (C=O) groups is 1. The molecule has 2 aromatic carbocycles. The lowest BCUT2D eigenvalue weighted by molar-refractivity contribution is -0.122. The van der Waals surface area contributed by atoms with E-state index in [9.17, 15) is 4.79 Å². The molecular weight excluding hydrogens is 488 g/mol. The van der Waals surface area contributed by atoms with E-state index in [0.29, 0.717) is 0 Å². The average Bonchev–Trinajstić information content (AvgIpc) is 3.08. The highest BCUT2D eigenvalue weighted by Gasteiger charge is 2.40. The molecule has 1 aliphatic carbocycles. The molecule has 1 amide bonds. The Kier molecular flexibility index (Phi) is 5.29. The van der Waals surface area contributed by atoms with Crippen molar-refractivity contribution in [1.82, 2.24) is 5.43 Å². The van der Waals surface area contributed by atoms with Crippen LogP contribution in [0.1, 0.15) is 23.5 Å². The lowest BCUT2D eigenvalue weighted by atomic mass is 9.73. The Morgan fingerprint density at radius 3 is 2.36 bits per heavy atom. The second-order valence-corrected chi connectivity index (χ2v) is 8.43. The van der Waals surface area contributed by atoms with Gasteiger partial charge in [0.1, 0.15) is 11.5 Å². The van der Waals surface area contributed by atoms with E-state index < -0.39 is 0 Å². The summed E-state index contributed by atoms with van der Waals surface area (Å²) >= 11 is 7.15. The summed E-state index contributed by atoms with van der Waals surface area (Å²) in [5.41, 5.74) is 6.68. The lowest BCUT2D eigenvalue weighted by Crippen LogP contribution is -2.31. The van der Waals surface area contributed by atoms with E-state index in [2.05, 4.69) is 42.4 Å². The molecule has 0 spiro atoms. The first-order valence-corrected chi connectivity index (χ1v) is 10.4. The number of fused-ring (bicyclic) bond motifs is 1. The van der Waals surface area contributed by atoms with Crippen LogP contribution in [0.5, 0.6) is 11.5 Å². The first-order valence-electron chi connectivity index (χ1n) is 8.77. The number of rotatable bonds is 4. The standard InChI is InChI=1S/C21H18Br2N2O3/c1-27-14-5-3-11(4-6-14)15-7-12(10-18-19(15)21(26)25-24-18)13-8-16(22)20(28-2)17(23)9-13/h3-6,8-10,15,19H,7H2,1-2H3,(H,25,26). The van der Waals surface area contributed by atoms with Crippen LogP contribution in [-0.4, -0.2) is 25.8 Å². The Hall–Kier alpha value is -2.12. The van der Waals surface area contributed by atoms with Gasteiger partial charge < -0.3 is 9.47 Å². The van der Waals surface area contributed by atoms with Gasteiger partial charge in [-0.2, -0.15) is 5.10 Å². The van der Waals surface area contributed by atoms with Crippen LogP contribution in [0.2, 0.25) is 0 Å². The highest BCUT2D eigenvalue weighted by Crippen LogP contribution is 2.44. The van der Waals surface area contributed by atoms with Crippen LogP contribution in [0.15, 0.2) is 56.5 Å². The topological polar surface area (TPSA) is 59.9 Å². The normalized spacial score (nSPS) is 20.8. The number of halogens is 2. The maximum Gasteiger partial charge on any atom is 0.249 e. The SMILES string of the molecule is COc1ccc(C2CC(c3cc(Br)c(OC)c(Br)c3)=CC3=NNC(=O)C32)cc1. The zero-order chi connectivity index (χ0) is 19.8. The molecule has 4 rings (SSSR count). The molecule has 0 fully saturated rings. The molecule has 0 saturated heterocycles. The van der Waals surface area contributed by atoms with E-state index in [0.717, 1.165) is 49.3 Å². The molecule has 2 atom stereocenters. The quantitative estimate of drug-likeness (QED) is 0.642. The van der Waals surface area contributed by atoms with E-state index in [-0.39, 0.29) is 17.7 Å². The second kappa shape index (κ2) is 7.72. The number of ether oxygens (including phenoxy) is 2. The predicted molar refractivity (Wildman–Crippen MR) is 116 cm³/mol. The van der Waals surface area contributed by atoms with Gasteiger partial charge in [-0.15, -0.1) is 0 Å². The van der Waals surface area contributed by atoms with Crippen molar-refractivity contribution in [1.29, 1.82) is 0 Å². The van der Waals surface area contributed by atoms with Crippen LogP contribution in [0, 0.1) is 5.92 Å². The summed E-state index contributed by atoms with van der Waals surface area (Å²) in [6.45, 7) is 0. The van der Waals surface area contributed by atoms with Crippen molar-refractivity contribution in [2.45, 2.75) is 12.3 Å². The van der Waals surface area contributed by atoms with Gasteiger partial charge in [-0.05, 0) is 85.3 Å². The number of benzene rings is 2. The summed E-state index contributed by atoms with van der Waals surface area (Å²) in [6, 6.07) is 12.0. The van der Waals surface area contributed by atoms with Crippen LogP contribution in [0.3, 0.4) is 0 Å². The van der Waals surface area contributed by atoms with Crippen molar-refractivity contribution in [3.8, 4) is 11.5 Å². The molecule has 2 aliphatic rings. The maximum absolute atomic E-state index is 12.4. The zero-order valence-electron chi connectivity index (χ0n) is 15.3. The molecule has 1 N–H and O–H groups in total. The van der Waals surface area contributed by atoms with Crippen molar-refractivity contribution < 1.29 is 14.3 Å². The molecule has 0 saturated carbocycles. The highest BCUT2D eigenvalue weighted by atomic mass is 79.9. The van der Waals surface area contributed by atoms with Crippen LogP contribution >= 0.6 is 31.9 Å². The fourth-order valence-electron chi connectivity index (χ4n) is 3.80. The molecule has 144 valence electrons. The summed E-state index contributed by atoms with van der Waals surface area (Å²) in [7, 11) is 3.28. The monoisotopic (exact) mass is 504 g/mol. The third kappa shape index (κ3) is 3.37. The molecule has 2 aromatic rings. The Morgan fingerprint density at radius 2 is 1.75 bits per heavy atom. The van der Waals surface area contributed by atoms with Gasteiger partial charge in [-0.1, -0.05) is 12.1 Å². The van der Waals surface area contributed by atoms with E-state index in [4.69, 9.17) is 9.47 Å². The Labute approximate surface area is 180 Å². The Balaban J connectivity index is 1.76. The van der Waals surface area contributed by atoms with E-state index in [1.54, 1.807) is 14.2 Å². The number of carbonyl (C=O) groups excluding carboxylic acids is 1. The number of nitrogens with one attached hydrogen (secondary N) is 1. The fourth-order valence-corrected chi connectivity index (χ4v) is 5.31. The molecule has 0 bridgehead atoms. The maximum atomic E-state index is 12.4. The van der Waals surface area contributed by atoms with Crippen LogP contribution in [0.25, 0.3) is 5.57 Å².